The van der Waals surface area contributed by atoms with E-state index in [1.165, 1.54) is 6.26 Å². The zero-order valence-corrected chi connectivity index (χ0v) is 13.8. The lowest BCUT2D eigenvalue weighted by molar-refractivity contribution is -0.125. The van der Waals surface area contributed by atoms with E-state index in [9.17, 15) is 9.59 Å². The van der Waals surface area contributed by atoms with Gasteiger partial charge in [-0.2, -0.15) is 0 Å². The zero-order valence-electron chi connectivity index (χ0n) is 13.0. The van der Waals surface area contributed by atoms with Gasteiger partial charge in [-0.15, -0.1) is 0 Å². The highest BCUT2D eigenvalue weighted by Gasteiger charge is 2.29. The van der Waals surface area contributed by atoms with E-state index in [2.05, 4.69) is 10.9 Å². The summed E-state index contributed by atoms with van der Waals surface area (Å²) in [6.07, 6.45) is 2.99. The number of furan rings is 1. The number of benzene rings is 1. The molecule has 2 heterocycles. The summed E-state index contributed by atoms with van der Waals surface area (Å²) in [4.78, 5) is 26.3. The molecule has 6 nitrogen and oxygen atoms in total. The Balaban J connectivity index is 1.56. The fourth-order valence-corrected chi connectivity index (χ4v) is 2.92. The highest BCUT2D eigenvalue weighted by molar-refractivity contribution is 6.30. The van der Waals surface area contributed by atoms with Gasteiger partial charge >= 0.3 is 0 Å². The molecule has 0 aliphatic carbocycles. The average molecular weight is 348 g/mol. The zero-order chi connectivity index (χ0) is 16.9. The fourth-order valence-electron chi connectivity index (χ4n) is 2.73. The Hall–Kier alpha value is -2.47. The number of nitrogens with zero attached hydrogens (tertiary/aromatic N) is 1. The molecule has 0 unspecified atom stereocenters. The van der Waals surface area contributed by atoms with Crippen LogP contribution in [-0.4, -0.2) is 29.8 Å². The standard InChI is InChI=1S/C17H18ClN3O3/c18-13-5-1-6-14(10-13)19-20-16(22)12-4-2-8-21(11-12)17(23)15-7-3-9-24-15/h1,3,5-7,9-10,12,19H,2,4,8,11H2,(H,20,22)/t12-/m0/s1. The van der Waals surface area contributed by atoms with E-state index >= 15 is 0 Å². The van der Waals surface area contributed by atoms with Crippen LogP contribution in [0.4, 0.5) is 5.69 Å². The minimum atomic E-state index is -0.260. The number of anilines is 1. The van der Waals surface area contributed by atoms with Crippen molar-refractivity contribution in [2.45, 2.75) is 12.8 Å². The first kappa shape index (κ1) is 16.4. The quantitative estimate of drug-likeness (QED) is 0.834. The molecule has 0 spiro atoms. The SMILES string of the molecule is O=C(NNc1cccc(Cl)c1)[C@H]1CCCN(C(=O)c2ccco2)C1. The summed E-state index contributed by atoms with van der Waals surface area (Å²) in [5, 5.41) is 0.585. The summed E-state index contributed by atoms with van der Waals surface area (Å²) in [6, 6.07) is 10.4. The molecule has 2 aromatic rings. The van der Waals surface area contributed by atoms with E-state index in [4.69, 9.17) is 16.0 Å². The van der Waals surface area contributed by atoms with Crippen molar-refractivity contribution < 1.29 is 14.0 Å². The summed E-state index contributed by atoms with van der Waals surface area (Å²) in [5.41, 5.74) is 6.23. The van der Waals surface area contributed by atoms with Gasteiger partial charge in [0.05, 0.1) is 17.9 Å². The lowest BCUT2D eigenvalue weighted by Crippen LogP contribution is -2.46. The number of rotatable bonds is 4. The Kier molecular flexibility index (Phi) is 5.05. The molecule has 2 amide bonds. The third-order valence-electron chi connectivity index (χ3n) is 3.97. The highest BCUT2D eigenvalue weighted by atomic mass is 35.5. The van der Waals surface area contributed by atoms with Crippen LogP contribution in [-0.2, 0) is 4.79 Å². The van der Waals surface area contributed by atoms with Gasteiger partial charge in [0.1, 0.15) is 0 Å². The maximum Gasteiger partial charge on any atom is 0.289 e. The highest BCUT2D eigenvalue weighted by Crippen LogP contribution is 2.19. The maximum atomic E-state index is 12.3. The van der Waals surface area contributed by atoms with Crippen molar-refractivity contribution in [1.29, 1.82) is 0 Å². The van der Waals surface area contributed by atoms with Crippen molar-refractivity contribution in [2.24, 2.45) is 5.92 Å². The van der Waals surface area contributed by atoms with E-state index in [-0.39, 0.29) is 17.7 Å². The monoisotopic (exact) mass is 347 g/mol. The molecular formula is C17H18ClN3O3. The second-order valence-electron chi connectivity index (χ2n) is 5.69. The molecule has 1 saturated heterocycles. The van der Waals surface area contributed by atoms with E-state index in [0.29, 0.717) is 29.6 Å². The number of hydrazine groups is 1. The van der Waals surface area contributed by atoms with Gasteiger partial charge in [-0.3, -0.25) is 20.4 Å². The predicted octanol–water partition coefficient (Wildman–Crippen LogP) is 2.93. The largest absolute Gasteiger partial charge is 0.459 e. The van der Waals surface area contributed by atoms with Crippen LogP contribution in [0.25, 0.3) is 0 Å². The number of hydrogen-bond acceptors (Lipinski definition) is 4. The summed E-state index contributed by atoms with van der Waals surface area (Å²) >= 11 is 5.91. The van der Waals surface area contributed by atoms with Crippen LogP contribution < -0.4 is 10.9 Å². The number of hydrogen-bond donors (Lipinski definition) is 2. The van der Waals surface area contributed by atoms with Gasteiger partial charge in [0, 0.05) is 18.1 Å². The Morgan fingerprint density at radius 3 is 2.88 bits per heavy atom. The van der Waals surface area contributed by atoms with Crippen LogP contribution in [0, 0.1) is 5.92 Å². The first-order valence-corrected chi connectivity index (χ1v) is 8.15. The van der Waals surface area contributed by atoms with Crippen molar-refractivity contribution >= 4 is 29.1 Å². The van der Waals surface area contributed by atoms with Crippen molar-refractivity contribution in [3.63, 3.8) is 0 Å². The topological polar surface area (TPSA) is 74.6 Å². The molecule has 1 aromatic carbocycles. The van der Waals surface area contributed by atoms with E-state index in [0.717, 1.165) is 12.8 Å². The number of carbonyl (C=O) groups is 2. The molecule has 24 heavy (non-hydrogen) atoms. The fraction of sp³-hybridized carbons (Fsp3) is 0.294. The van der Waals surface area contributed by atoms with E-state index < -0.39 is 0 Å². The molecule has 1 fully saturated rings. The van der Waals surface area contributed by atoms with Crippen molar-refractivity contribution in [3.8, 4) is 0 Å². The Morgan fingerprint density at radius 2 is 2.12 bits per heavy atom. The van der Waals surface area contributed by atoms with Gasteiger partial charge in [-0.1, -0.05) is 17.7 Å². The maximum absolute atomic E-state index is 12.3. The first-order chi connectivity index (χ1) is 11.6. The molecule has 7 heteroatoms. The van der Waals surface area contributed by atoms with Crippen LogP contribution >= 0.6 is 11.6 Å². The van der Waals surface area contributed by atoms with Crippen molar-refractivity contribution in [1.82, 2.24) is 10.3 Å². The number of nitrogens with one attached hydrogen (secondary N) is 2. The minimum absolute atomic E-state index is 0.146. The Morgan fingerprint density at radius 1 is 1.25 bits per heavy atom. The van der Waals surface area contributed by atoms with Gasteiger partial charge in [0.2, 0.25) is 5.91 Å². The van der Waals surface area contributed by atoms with Gasteiger partial charge in [0.15, 0.2) is 5.76 Å². The molecule has 2 N–H and O–H groups in total. The van der Waals surface area contributed by atoms with Gasteiger partial charge in [-0.25, -0.2) is 0 Å². The van der Waals surface area contributed by atoms with E-state index in [1.807, 2.05) is 0 Å². The van der Waals surface area contributed by atoms with Crippen LogP contribution in [0.5, 0.6) is 0 Å². The third-order valence-corrected chi connectivity index (χ3v) is 4.20. The van der Waals surface area contributed by atoms with Crippen LogP contribution in [0.15, 0.2) is 47.1 Å². The van der Waals surface area contributed by atoms with Crippen LogP contribution in [0.2, 0.25) is 5.02 Å². The smallest absolute Gasteiger partial charge is 0.289 e. The normalized spacial score (nSPS) is 17.4. The molecule has 0 saturated carbocycles. The third kappa shape index (κ3) is 3.89. The van der Waals surface area contributed by atoms with Crippen LogP contribution in [0.3, 0.4) is 0 Å². The number of carbonyl (C=O) groups excluding carboxylic acids is 2. The van der Waals surface area contributed by atoms with Gasteiger partial charge in [0.25, 0.3) is 5.91 Å². The molecule has 1 atom stereocenters. The second kappa shape index (κ2) is 7.40. The summed E-state index contributed by atoms with van der Waals surface area (Å²) in [5.74, 6) is -0.287. The number of halogens is 1. The lowest BCUT2D eigenvalue weighted by Gasteiger charge is -2.31. The summed E-state index contributed by atoms with van der Waals surface area (Å²) in [6.45, 7) is 1.01. The van der Waals surface area contributed by atoms with Crippen LogP contribution in [0.1, 0.15) is 23.4 Å². The van der Waals surface area contributed by atoms with Gasteiger partial charge < -0.3 is 9.32 Å². The molecule has 0 radical (unpaired) electrons. The lowest BCUT2D eigenvalue weighted by atomic mass is 9.97. The number of amides is 2. The minimum Gasteiger partial charge on any atom is -0.459 e. The molecule has 0 bridgehead atoms. The summed E-state index contributed by atoms with van der Waals surface area (Å²) < 4.78 is 5.14. The van der Waals surface area contributed by atoms with E-state index in [1.54, 1.807) is 41.3 Å². The number of likely N-dealkylation sites (tertiary alicyclic amines) is 1. The predicted molar refractivity (Wildman–Crippen MR) is 90.6 cm³/mol. The molecular weight excluding hydrogens is 330 g/mol. The first-order valence-electron chi connectivity index (χ1n) is 7.77. The average Bonchev–Trinajstić information content (AvgIpc) is 3.14. The number of piperidine rings is 1. The van der Waals surface area contributed by atoms with Crippen molar-refractivity contribution in [3.05, 3.63) is 53.4 Å². The second-order valence-corrected chi connectivity index (χ2v) is 6.13. The molecule has 1 aliphatic rings. The van der Waals surface area contributed by atoms with Crippen molar-refractivity contribution in [2.75, 3.05) is 18.5 Å². The molecule has 126 valence electrons. The molecule has 3 rings (SSSR count). The molecule has 1 aliphatic heterocycles. The summed E-state index contributed by atoms with van der Waals surface area (Å²) in [7, 11) is 0. The molecule has 1 aromatic heterocycles. The Bertz CT molecular complexity index is 718. The van der Waals surface area contributed by atoms with Gasteiger partial charge in [-0.05, 0) is 43.2 Å². The Labute approximate surface area is 144 Å².